The van der Waals surface area contributed by atoms with Crippen molar-refractivity contribution in [2.24, 2.45) is 0 Å². The summed E-state index contributed by atoms with van der Waals surface area (Å²) in [6.45, 7) is 0. The van der Waals surface area contributed by atoms with Crippen LogP contribution < -0.4 is 0 Å². The molecule has 1 aliphatic heterocycles. The van der Waals surface area contributed by atoms with Crippen molar-refractivity contribution in [1.29, 1.82) is 0 Å². The van der Waals surface area contributed by atoms with E-state index in [1.807, 2.05) is 0 Å². The van der Waals surface area contributed by atoms with Crippen LogP contribution in [0.25, 0.3) is 0 Å². The zero-order valence-corrected chi connectivity index (χ0v) is 9.35. The van der Waals surface area contributed by atoms with Crippen LogP contribution in [0.2, 0.25) is 0 Å². The minimum Gasteiger partial charge on any atom is -0.256 e. The van der Waals surface area contributed by atoms with E-state index in [2.05, 4.69) is 23.4 Å². The van der Waals surface area contributed by atoms with E-state index in [0.29, 0.717) is 0 Å². The molecule has 0 N–H and O–H groups in total. The molecule has 0 aromatic carbocycles. The molecule has 0 amide bonds. The Hall–Kier alpha value is 0.640. The first-order valence-corrected chi connectivity index (χ1v) is 6.78. The average Bonchev–Trinajstić information content (AvgIpc) is 2.33. The van der Waals surface area contributed by atoms with Crippen LogP contribution in [0, 0.1) is 0 Å². The van der Waals surface area contributed by atoms with Gasteiger partial charge in [-0.3, -0.25) is 9.34 Å². The molecule has 0 aromatic rings. The van der Waals surface area contributed by atoms with Crippen LogP contribution in [-0.2, 0) is 0 Å². The molecular weight excluding hydrogens is 191 g/mol. The Balaban J connectivity index is 2.14. The topological polar surface area (TPSA) is 6.48 Å². The van der Waals surface area contributed by atoms with E-state index in [-0.39, 0.29) is 0 Å². The summed E-state index contributed by atoms with van der Waals surface area (Å²) in [6.07, 6.45) is 5.47. The Bertz CT molecular complexity index is 160. The minimum atomic E-state index is -0.499. The largest absolute Gasteiger partial charge is 0.256 e. The van der Waals surface area contributed by atoms with Gasteiger partial charge in [0.25, 0.3) is 0 Å². The third-order valence-corrected chi connectivity index (χ3v) is 6.24. The van der Waals surface area contributed by atoms with Gasteiger partial charge in [-0.05, 0) is 26.9 Å². The quantitative estimate of drug-likeness (QED) is 0.563. The summed E-state index contributed by atoms with van der Waals surface area (Å²) >= 11 is 6.30. The van der Waals surface area contributed by atoms with Gasteiger partial charge in [0.05, 0.1) is 0 Å². The molecule has 1 aliphatic carbocycles. The van der Waals surface area contributed by atoms with Gasteiger partial charge in [-0.15, -0.1) is 0 Å². The first-order valence-electron chi connectivity index (χ1n) is 4.63. The number of halogens is 1. The lowest BCUT2D eigenvalue weighted by molar-refractivity contribution is 0.233. The minimum absolute atomic E-state index is 0.499. The summed E-state index contributed by atoms with van der Waals surface area (Å²) in [6, 6.07) is 1.49. The van der Waals surface area contributed by atoms with Crippen LogP contribution in [0.4, 0.5) is 0 Å². The molecular formula is C8H16ClN2P. The highest BCUT2D eigenvalue weighted by Crippen LogP contribution is 2.58. The summed E-state index contributed by atoms with van der Waals surface area (Å²) in [4.78, 5) is 0. The molecule has 12 heavy (non-hydrogen) atoms. The Morgan fingerprint density at radius 3 is 1.92 bits per heavy atom. The molecule has 2 nitrogen and oxygen atoms in total. The van der Waals surface area contributed by atoms with Crippen LogP contribution in [0.1, 0.15) is 25.7 Å². The van der Waals surface area contributed by atoms with Crippen molar-refractivity contribution in [3.8, 4) is 0 Å². The summed E-state index contributed by atoms with van der Waals surface area (Å²) in [5, 5.41) is 0. The molecule has 2 unspecified atom stereocenters. The summed E-state index contributed by atoms with van der Waals surface area (Å²) in [7, 11) is 3.84. The molecule has 0 spiro atoms. The van der Waals surface area contributed by atoms with E-state index in [1.165, 1.54) is 25.7 Å². The van der Waals surface area contributed by atoms with Crippen LogP contribution in [0.5, 0.6) is 0 Å². The molecule has 0 bridgehead atoms. The fraction of sp³-hybridized carbons (Fsp3) is 1.00. The predicted octanol–water partition coefficient (Wildman–Crippen LogP) is 2.64. The van der Waals surface area contributed by atoms with Crippen molar-refractivity contribution in [2.75, 3.05) is 14.1 Å². The standard InChI is InChI=1S/C8H16ClN2P/c1-10-7-5-3-4-6-8(7)11(2)12(10)9/h7-8H,3-6H2,1-2H3. The van der Waals surface area contributed by atoms with Gasteiger partial charge in [0.15, 0.2) is 0 Å². The number of hydrogen-bond acceptors (Lipinski definition) is 2. The van der Waals surface area contributed by atoms with Gasteiger partial charge in [0.2, 0.25) is 0 Å². The van der Waals surface area contributed by atoms with E-state index >= 15 is 0 Å². The first kappa shape index (κ1) is 9.21. The van der Waals surface area contributed by atoms with E-state index in [0.717, 1.165) is 12.1 Å². The van der Waals surface area contributed by atoms with E-state index < -0.39 is 7.58 Å². The van der Waals surface area contributed by atoms with Crippen LogP contribution >= 0.6 is 18.8 Å². The van der Waals surface area contributed by atoms with Gasteiger partial charge in [0, 0.05) is 12.1 Å². The van der Waals surface area contributed by atoms with E-state index in [9.17, 15) is 0 Å². The second kappa shape index (κ2) is 3.42. The third kappa shape index (κ3) is 1.29. The number of rotatable bonds is 0. The van der Waals surface area contributed by atoms with Crippen molar-refractivity contribution < 1.29 is 0 Å². The molecule has 1 heterocycles. The maximum absolute atomic E-state index is 6.30. The Morgan fingerprint density at radius 1 is 1.08 bits per heavy atom. The molecule has 2 atom stereocenters. The average molecular weight is 207 g/mol. The highest BCUT2D eigenvalue weighted by molar-refractivity contribution is 7.80. The molecule has 2 rings (SSSR count). The highest BCUT2D eigenvalue weighted by Gasteiger charge is 2.43. The van der Waals surface area contributed by atoms with Gasteiger partial charge < -0.3 is 0 Å². The Morgan fingerprint density at radius 2 is 1.50 bits per heavy atom. The smallest absolute Gasteiger partial charge is 0.140 e. The first-order chi connectivity index (χ1) is 5.72. The maximum Gasteiger partial charge on any atom is 0.140 e. The SMILES string of the molecule is CN1C2CCCCC2N(C)P1Cl. The van der Waals surface area contributed by atoms with Crippen molar-refractivity contribution in [3.63, 3.8) is 0 Å². The lowest BCUT2D eigenvalue weighted by Crippen LogP contribution is -2.37. The van der Waals surface area contributed by atoms with E-state index in [1.54, 1.807) is 0 Å². The van der Waals surface area contributed by atoms with Crippen molar-refractivity contribution in [2.45, 2.75) is 37.8 Å². The molecule has 0 aromatic heterocycles. The van der Waals surface area contributed by atoms with Gasteiger partial charge in [-0.2, -0.15) is 0 Å². The molecule has 0 radical (unpaired) electrons. The number of fused-ring (bicyclic) bond motifs is 1. The monoisotopic (exact) mass is 206 g/mol. The van der Waals surface area contributed by atoms with Crippen LogP contribution in [0.15, 0.2) is 0 Å². The highest BCUT2D eigenvalue weighted by atomic mass is 35.7. The number of likely N-dealkylation sites (N-methyl/N-ethyl adjacent to an activating group) is 2. The number of hydrogen-bond donors (Lipinski definition) is 0. The van der Waals surface area contributed by atoms with Crippen molar-refractivity contribution in [3.05, 3.63) is 0 Å². The van der Waals surface area contributed by atoms with Gasteiger partial charge >= 0.3 is 0 Å². The Labute approximate surface area is 80.5 Å². The second-order valence-corrected chi connectivity index (χ2v) is 6.46. The Kier molecular flexibility index (Phi) is 2.62. The summed E-state index contributed by atoms with van der Waals surface area (Å²) < 4.78 is 4.75. The normalized spacial score (nSPS) is 44.8. The fourth-order valence-corrected chi connectivity index (χ4v) is 4.58. The maximum atomic E-state index is 6.30. The molecule has 2 aliphatic rings. The van der Waals surface area contributed by atoms with Crippen molar-refractivity contribution >= 4 is 18.8 Å². The molecule has 1 saturated carbocycles. The molecule has 70 valence electrons. The molecule has 4 heteroatoms. The summed E-state index contributed by atoms with van der Waals surface area (Å²) in [5.74, 6) is 0. The lowest BCUT2D eigenvalue weighted by atomic mass is 9.91. The lowest BCUT2D eigenvalue weighted by Gasteiger charge is -2.29. The zero-order valence-electron chi connectivity index (χ0n) is 7.70. The summed E-state index contributed by atoms with van der Waals surface area (Å²) in [5.41, 5.74) is 0. The van der Waals surface area contributed by atoms with Crippen LogP contribution in [0.3, 0.4) is 0 Å². The van der Waals surface area contributed by atoms with E-state index in [4.69, 9.17) is 11.2 Å². The third-order valence-electron chi connectivity index (χ3n) is 3.17. The van der Waals surface area contributed by atoms with Gasteiger partial charge in [-0.1, -0.05) is 24.1 Å². The van der Waals surface area contributed by atoms with Gasteiger partial charge in [-0.25, -0.2) is 0 Å². The van der Waals surface area contributed by atoms with Crippen molar-refractivity contribution in [1.82, 2.24) is 9.34 Å². The zero-order chi connectivity index (χ0) is 8.72. The predicted molar refractivity (Wildman–Crippen MR) is 54.3 cm³/mol. The van der Waals surface area contributed by atoms with Crippen LogP contribution in [-0.4, -0.2) is 35.5 Å². The van der Waals surface area contributed by atoms with Gasteiger partial charge in [0.1, 0.15) is 7.58 Å². The fourth-order valence-electron chi connectivity index (χ4n) is 2.43. The number of nitrogens with zero attached hydrogens (tertiary/aromatic N) is 2. The molecule has 2 fully saturated rings. The second-order valence-electron chi connectivity index (χ2n) is 3.81. The molecule has 1 saturated heterocycles.